The molecule has 4 rings (SSSR count). The fourth-order valence-corrected chi connectivity index (χ4v) is 4.74. The zero-order valence-electron chi connectivity index (χ0n) is 16.2. The van der Waals surface area contributed by atoms with Crippen molar-refractivity contribution in [3.05, 3.63) is 48.3 Å². The Balaban J connectivity index is 1.41. The molecule has 0 radical (unpaired) electrons. The van der Waals surface area contributed by atoms with Gasteiger partial charge in [0.25, 0.3) is 0 Å². The zero-order chi connectivity index (χ0) is 19.3. The van der Waals surface area contributed by atoms with Crippen LogP contribution in [0.15, 0.2) is 47.6 Å². The molecule has 1 aliphatic carbocycles. The number of carbonyl (C=O) groups excluding carboxylic acids is 1. The number of thioether (sulfide) groups is 1. The van der Waals surface area contributed by atoms with Crippen LogP contribution in [-0.4, -0.2) is 33.4 Å². The van der Waals surface area contributed by atoms with Gasteiger partial charge in [0.2, 0.25) is 11.1 Å². The molecule has 146 valence electrons. The SMILES string of the molecule is CCN(C(=O)CSc1n[nH]c(CC2CCCC2)n1)c1cccc2ccccc12. The predicted octanol–water partition coefficient (Wildman–Crippen LogP) is 4.84. The summed E-state index contributed by atoms with van der Waals surface area (Å²) < 4.78 is 0. The van der Waals surface area contributed by atoms with E-state index < -0.39 is 0 Å². The number of nitrogens with one attached hydrogen (secondary N) is 1. The van der Waals surface area contributed by atoms with Gasteiger partial charge < -0.3 is 4.90 Å². The van der Waals surface area contributed by atoms with E-state index in [0.29, 0.717) is 17.5 Å². The van der Waals surface area contributed by atoms with Gasteiger partial charge in [-0.1, -0.05) is 73.8 Å². The van der Waals surface area contributed by atoms with Crippen molar-refractivity contribution in [2.75, 3.05) is 17.2 Å². The van der Waals surface area contributed by atoms with Gasteiger partial charge >= 0.3 is 0 Å². The molecule has 1 aliphatic rings. The summed E-state index contributed by atoms with van der Waals surface area (Å²) in [5.74, 6) is 2.08. The minimum absolute atomic E-state index is 0.0750. The number of benzene rings is 2. The lowest BCUT2D eigenvalue weighted by molar-refractivity contribution is -0.116. The number of rotatable bonds is 7. The lowest BCUT2D eigenvalue weighted by Crippen LogP contribution is -2.32. The van der Waals surface area contributed by atoms with Gasteiger partial charge in [0.15, 0.2) is 0 Å². The van der Waals surface area contributed by atoms with Gasteiger partial charge in [-0.15, -0.1) is 5.10 Å². The van der Waals surface area contributed by atoms with E-state index in [0.717, 1.165) is 34.6 Å². The van der Waals surface area contributed by atoms with E-state index in [4.69, 9.17) is 0 Å². The van der Waals surface area contributed by atoms with Gasteiger partial charge in [-0.3, -0.25) is 9.89 Å². The first-order valence-electron chi connectivity index (χ1n) is 10.1. The normalized spacial score (nSPS) is 14.6. The largest absolute Gasteiger partial charge is 0.311 e. The number of hydrogen-bond acceptors (Lipinski definition) is 4. The van der Waals surface area contributed by atoms with Gasteiger partial charge in [-0.25, -0.2) is 4.98 Å². The Hall–Kier alpha value is -2.34. The summed E-state index contributed by atoms with van der Waals surface area (Å²) in [7, 11) is 0. The molecule has 1 saturated carbocycles. The number of carbonyl (C=O) groups is 1. The van der Waals surface area contributed by atoms with Gasteiger partial charge in [0.1, 0.15) is 5.82 Å². The Morgan fingerprint density at radius 2 is 1.96 bits per heavy atom. The molecular weight excluding hydrogens is 368 g/mol. The molecule has 0 aliphatic heterocycles. The summed E-state index contributed by atoms with van der Waals surface area (Å²) >= 11 is 1.41. The van der Waals surface area contributed by atoms with Gasteiger partial charge in [-0.05, 0) is 24.3 Å². The number of fused-ring (bicyclic) bond motifs is 1. The van der Waals surface area contributed by atoms with Crippen molar-refractivity contribution < 1.29 is 4.79 Å². The lowest BCUT2D eigenvalue weighted by Gasteiger charge is -2.22. The highest BCUT2D eigenvalue weighted by Crippen LogP contribution is 2.29. The first-order chi connectivity index (χ1) is 13.7. The van der Waals surface area contributed by atoms with Gasteiger partial charge in [-0.2, -0.15) is 0 Å². The number of aromatic nitrogens is 3. The van der Waals surface area contributed by atoms with E-state index >= 15 is 0 Å². The first-order valence-corrected chi connectivity index (χ1v) is 11.1. The van der Waals surface area contributed by atoms with Crippen LogP contribution in [-0.2, 0) is 11.2 Å². The molecule has 1 amide bonds. The Labute approximate surface area is 169 Å². The van der Waals surface area contributed by atoms with E-state index in [1.54, 1.807) is 0 Å². The van der Waals surface area contributed by atoms with Crippen molar-refractivity contribution >= 4 is 34.1 Å². The highest BCUT2D eigenvalue weighted by Gasteiger charge is 2.19. The minimum Gasteiger partial charge on any atom is -0.311 e. The van der Waals surface area contributed by atoms with Crippen LogP contribution in [0.5, 0.6) is 0 Å². The quantitative estimate of drug-likeness (QED) is 0.583. The number of anilines is 1. The van der Waals surface area contributed by atoms with Crippen LogP contribution < -0.4 is 4.90 Å². The average molecular weight is 395 g/mol. The number of aromatic amines is 1. The molecule has 1 heterocycles. The van der Waals surface area contributed by atoms with Gasteiger partial charge in [0, 0.05) is 18.4 Å². The molecule has 5 nitrogen and oxygen atoms in total. The molecule has 2 aromatic carbocycles. The third kappa shape index (κ3) is 4.22. The summed E-state index contributed by atoms with van der Waals surface area (Å²) in [6.45, 7) is 2.64. The summed E-state index contributed by atoms with van der Waals surface area (Å²) in [5, 5.41) is 10.2. The van der Waals surface area contributed by atoms with Crippen LogP contribution in [0.1, 0.15) is 38.4 Å². The third-order valence-corrected chi connectivity index (χ3v) is 6.30. The molecule has 1 aromatic heterocycles. The molecule has 0 saturated heterocycles. The number of nitrogens with zero attached hydrogens (tertiary/aromatic N) is 3. The average Bonchev–Trinajstić information content (AvgIpc) is 3.40. The second kappa shape index (κ2) is 8.78. The van der Waals surface area contributed by atoms with E-state index in [1.165, 1.54) is 37.4 Å². The molecule has 6 heteroatoms. The van der Waals surface area contributed by atoms with Crippen molar-refractivity contribution in [3.63, 3.8) is 0 Å². The molecule has 0 atom stereocenters. The van der Waals surface area contributed by atoms with Crippen LogP contribution in [0.25, 0.3) is 10.8 Å². The molecule has 0 unspecified atom stereocenters. The summed E-state index contributed by atoms with van der Waals surface area (Å²) in [4.78, 5) is 19.3. The maximum absolute atomic E-state index is 12.9. The van der Waals surface area contributed by atoms with E-state index in [2.05, 4.69) is 33.4 Å². The van der Waals surface area contributed by atoms with E-state index in [-0.39, 0.29) is 5.91 Å². The summed E-state index contributed by atoms with van der Waals surface area (Å²) in [6.07, 6.45) is 6.21. The second-order valence-electron chi connectivity index (χ2n) is 7.34. The number of hydrogen-bond donors (Lipinski definition) is 1. The predicted molar refractivity (Wildman–Crippen MR) is 115 cm³/mol. The van der Waals surface area contributed by atoms with E-state index in [9.17, 15) is 4.79 Å². The smallest absolute Gasteiger partial charge is 0.237 e. The first kappa shape index (κ1) is 19.0. The minimum atomic E-state index is 0.0750. The fourth-order valence-electron chi connectivity index (χ4n) is 4.05. The molecular formula is C22H26N4OS. The van der Waals surface area contributed by atoms with Crippen molar-refractivity contribution in [2.24, 2.45) is 5.92 Å². The molecule has 3 aromatic rings. The summed E-state index contributed by atoms with van der Waals surface area (Å²) in [6, 6.07) is 14.3. The van der Waals surface area contributed by atoms with Crippen molar-refractivity contribution in [2.45, 2.75) is 44.2 Å². The Bertz CT molecular complexity index is 943. The van der Waals surface area contributed by atoms with Crippen LogP contribution in [0, 0.1) is 5.92 Å². The molecule has 1 fully saturated rings. The molecule has 0 bridgehead atoms. The second-order valence-corrected chi connectivity index (χ2v) is 8.29. The van der Waals surface area contributed by atoms with Gasteiger partial charge in [0.05, 0.1) is 11.4 Å². The highest BCUT2D eigenvalue weighted by atomic mass is 32.2. The number of H-pyrrole nitrogens is 1. The van der Waals surface area contributed by atoms with E-state index in [1.807, 2.05) is 36.1 Å². The van der Waals surface area contributed by atoms with Crippen LogP contribution in [0.2, 0.25) is 0 Å². The topological polar surface area (TPSA) is 61.9 Å². The highest BCUT2D eigenvalue weighted by molar-refractivity contribution is 7.99. The van der Waals surface area contributed by atoms with Crippen molar-refractivity contribution in [3.8, 4) is 0 Å². The zero-order valence-corrected chi connectivity index (χ0v) is 17.0. The van der Waals surface area contributed by atoms with Crippen LogP contribution in [0.3, 0.4) is 0 Å². The number of amides is 1. The maximum Gasteiger partial charge on any atom is 0.237 e. The van der Waals surface area contributed by atoms with Crippen LogP contribution >= 0.6 is 11.8 Å². The monoisotopic (exact) mass is 394 g/mol. The summed E-state index contributed by atoms with van der Waals surface area (Å²) in [5.41, 5.74) is 0.961. The molecule has 1 N–H and O–H groups in total. The van der Waals surface area contributed by atoms with Crippen molar-refractivity contribution in [1.29, 1.82) is 0 Å². The third-order valence-electron chi connectivity index (χ3n) is 5.47. The van der Waals surface area contributed by atoms with Crippen LogP contribution in [0.4, 0.5) is 5.69 Å². The lowest BCUT2D eigenvalue weighted by atomic mass is 10.0. The molecule has 0 spiro atoms. The fraction of sp³-hybridized carbons (Fsp3) is 0.409. The Morgan fingerprint density at radius 3 is 2.79 bits per heavy atom. The standard InChI is InChI=1S/C22H26N4OS/c1-2-26(19-13-7-11-17-10-5-6-12-18(17)19)21(27)15-28-22-23-20(24-25-22)14-16-8-3-4-9-16/h5-7,10-13,16H,2-4,8-9,14-15H2,1H3,(H,23,24,25). The van der Waals surface area contributed by atoms with Crippen molar-refractivity contribution in [1.82, 2.24) is 15.2 Å². The maximum atomic E-state index is 12.9. The molecule has 28 heavy (non-hydrogen) atoms. The Morgan fingerprint density at radius 1 is 1.18 bits per heavy atom. The Kier molecular flexibility index (Phi) is 5.95.